The largest absolute Gasteiger partial charge is 0.396 e. The van der Waals surface area contributed by atoms with Gasteiger partial charge in [-0.25, -0.2) is 0 Å². The van der Waals surface area contributed by atoms with Gasteiger partial charge in [0.05, 0.1) is 6.54 Å². The summed E-state index contributed by atoms with van der Waals surface area (Å²) in [6, 6.07) is 7.51. The summed E-state index contributed by atoms with van der Waals surface area (Å²) in [4.78, 5) is 25.7. The van der Waals surface area contributed by atoms with Gasteiger partial charge in [0.15, 0.2) is 5.78 Å². The first-order chi connectivity index (χ1) is 10.6. The summed E-state index contributed by atoms with van der Waals surface area (Å²) >= 11 is 0. The summed E-state index contributed by atoms with van der Waals surface area (Å²) in [6.45, 7) is 2.91. The van der Waals surface area contributed by atoms with Crippen molar-refractivity contribution in [1.82, 2.24) is 4.90 Å². The number of hydrogen-bond donors (Lipinski definition) is 2. The highest BCUT2D eigenvalue weighted by molar-refractivity contribution is 5.97. The lowest BCUT2D eigenvalue weighted by Crippen LogP contribution is -2.35. The SMILES string of the molecule is CC(=O)c1cccc(NC(=O)CN(CCCCO)C2CC2)c1. The number of anilines is 1. The zero-order valence-electron chi connectivity index (χ0n) is 13.0. The lowest BCUT2D eigenvalue weighted by Gasteiger charge is -2.21. The molecule has 0 radical (unpaired) electrons. The zero-order chi connectivity index (χ0) is 15.9. The van der Waals surface area contributed by atoms with E-state index >= 15 is 0 Å². The lowest BCUT2D eigenvalue weighted by molar-refractivity contribution is -0.117. The topological polar surface area (TPSA) is 69.6 Å². The van der Waals surface area contributed by atoms with Gasteiger partial charge in [-0.15, -0.1) is 0 Å². The number of aliphatic hydroxyl groups is 1. The van der Waals surface area contributed by atoms with Crippen LogP contribution in [0.3, 0.4) is 0 Å². The second-order valence-electron chi connectivity index (χ2n) is 5.82. The highest BCUT2D eigenvalue weighted by Crippen LogP contribution is 2.26. The fourth-order valence-electron chi connectivity index (χ4n) is 2.46. The summed E-state index contributed by atoms with van der Waals surface area (Å²) in [6.07, 6.45) is 3.96. The number of hydrogen-bond acceptors (Lipinski definition) is 4. The average Bonchev–Trinajstić information content (AvgIpc) is 3.31. The number of rotatable bonds is 9. The molecule has 1 amide bonds. The molecule has 120 valence electrons. The monoisotopic (exact) mass is 304 g/mol. The Morgan fingerprint density at radius 1 is 1.32 bits per heavy atom. The third kappa shape index (κ3) is 5.24. The van der Waals surface area contributed by atoms with Crippen LogP contribution >= 0.6 is 0 Å². The normalized spacial score (nSPS) is 14.1. The molecule has 0 heterocycles. The van der Waals surface area contributed by atoms with Crippen molar-refractivity contribution in [2.75, 3.05) is 25.0 Å². The van der Waals surface area contributed by atoms with E-state index in [4.69, 9.17) is 5.11 Å². The summed E-state index contributed by atoms with van der Waals surface area (Å²) in [5, 5.41) is 11.7. The Hall–Kier alpha value is -1.72. The molecule has 5 heteroatoms. The van der Waals surface area contributed by atoms with Crippen LogP contribution in [0.4, 0.5) is 5.69 Å². The van der Waals surface area contributed by atoms with Gasteiger partial charge in [-0.1, -0.05) is 12.1 Å². The Balaban J connectivity index is 1.87. The van der Waals surface area contributed by atoms with Gasteiger partial charge in [0.1, 0.15) is 0 Å². The van der Waals surface area contributed by atoms with E-state index in [2.05, 4.69) is 10.2 Å². The third-order valence-corrected chi connectivity index (χ3v) is 3.82. The third-order valence-electron chi connectivity index (χ3n) is 3.82. The Kier molecular flexibility index (Phi) is 6.10. The minimum atomic E-state index is -0.0587. The predicted molar refractivity (Wildman–Crippen MR) is 86.0 cm³/mol. The van der Waals surface area contributed by atoms with E-state index in [1.807, 2.05) is 0 Å². The van der Waals surface area contributed by atoms with E-state index < -0.39 is 0 Å². The maximum atomic E-state index is 12.2. The number of unbranched alkanes of at least 4 members (excludes halogenated alkanes) is 1. The molecule has 0 atom stereocenters. The van der Waals surface area contributed by atoms with E-state index in [0.29, 0.717) is 23.8 Å². The number of nitrogens with one attached hydrogen (secondary N) is 1. The van der Waals surface area contributed by atoms with Crippen molar-refractivity contribution in [2.45, 2.75) is 38.6 Å². The Morgan fingerprint density at radius 3 is 2.73 bits per heavy atom. The first kappa shape index (κ1) is 16.6. The van der Waals surface area contributed by atoms with Crippen LogP contribution in [0.1, 0.15) is 43.0 Å². The molecule has 0 aromatic heterocycles. The van der Waals surface area contributed by atoms with Crippen LogP contribution in [0.2, 0.25) is 0 Å². The number of ketones is 1. The first-order valence-corrected chi connectivity index (χ1v) is 7.86. The summed E-state index contributed by atoms with van der Waals surface area (Å²) < 4.78 is 0. The maximum Gasteiger partial charge on any atom is 0.238 e. The summed E-state index contributed by atoms with van der Waals surface area (Å²) in [5.41, 5.74) is 1.25. The van der Waals surface area contributed by atoms with Gasteiger partial charge in [0.2, 0.25) is 5.91 Å². The number of aliphatic hydroxyl groups excluding tert-OH is 1. The predicted octanol–water partition coefficient (Wildman–Crippen LogP) is 2.06. The van der Waals surface area contributed by atoms with Crippen LogP contribution in [0, 0.1) is 0 Å². The van der Waals surface area contributed by atoms with Gasteiger partial charge in [-0.3, -0.25) is 14.5 Å². The van der Waals surface area contributed by atoms with Crippen LogP contribution in [0.15, 0.2) is 24.3 Å². The van der Waals surface area contributed by atoms with Crippen LogP contribution < -0.4 is 5.32 Å². The van der Waals surface area contributed by atoms with Crippen molar-refractivity contribution < 1.29 is 14.7 Å². The highest BCUT2D eigenvalue weighted by Gasteiger charge is 2.29. The molecular formula is C17H24N2O3. The van der Waals surface area contributed by atoms with Crippen molar-refractivity contribution in [3.8, 4) is 0 Å². The minimum absolute atomic E-state index is 0.0142. The van der Waals surface area contributed by atoms with Crippen LogP contribution in [-0.2, 0) is 4.79 Å². The van der Waals surface area contributed by atoms with Crippen molar-refractivity contribution >= 4 is 17.4 Å². The number of Topliss-reactive ketones (excluding diaryl/α,β-unsaturated/α-hetero) is 1. The molecule has 0 saturated heterocycles. The summed E-state index contributed by atoms with van der Waals surface area (Å²) in [7, 11) is 0. The maximum absolute atomic E-state index is 12.2. The van der Waals surface area contributed by atoms with Gasteiger partial charge in [0.25, 0.3) is 0 Å². The number of carbonyl (C=O) groups is 2. The van der Waals surface area contributed by atoms with Crippen LogP contribution in [-0.4, -0.2) is 47.4 Å². The fraction of sp³-hybridized carbons (Fsp3) is 0.529. The van der Waals surface area contributed by atoms with Crippen molar-refractivity contribution in [2.24, 2.45) is 0 Å². The van der Waals surface area contributed by atoms with Crippen LogP contribution in [0.25, 0.3) is 0 Å². The second-order valence-corrected chi connectivity index (χ2v) is 5.82. The van der Waals surface area contributed by atoms with Crippen molar-refractivity contribution in [3.05, 3.63) is 29.8 Å². The lowest BCUT2D eigenvalue weighted by atomic mass is 10.1. The zero-order valence-corrected chi connectivity index (χ0v) is 13.0. The number of nitrogens with zero attached hydrogens (tertiary/aromatic N) is 1. The molecule has 0 bridgehead atoms. The molecule has 0 unspecified atom stereocenters. The first-order valence-electron chi connectivity index (χ1n) is 7.86. The molecule has 1 fully saturated rings. The second kappa shape index (κ2) is 8.06. The molecule has 0 aliphatic heterocycles. The standard InChI is InChI=1S/C17H24N2O3/c1-13(21)14-5-4-6-15(11-14)18-17(22)12-19(16-7-8-16)9-2-3-10-20/h4-6,11,16,20H,2-3,7-10,12H2,1H3,(H,18,22). The van der Waals surface area contributed by atoms with Crippen molar-refractivity contribution in [1.29, 1.82) is 0 Å². The van der Waals surface area contributed by atoms with E-state index in [1.54, 1.807) is 24.3 Å². The molecule has 22 heavy (non-hydrogen) atoms. The van der Waals surface area contributed by atoms with E-state index in [0.717, 1.165) is 32.2 Å². The Bertz CT molecular complexity index is 526. The highest BCUT2D eigenvalue weighted by atomic mass is 16.3. The van der Waals surface area contributed by atoms with Crippen LogP contribution in [0.5, 0.6) is 0 Å². The number of benzene rings is 1. The molecule has 1 aromatic carbocycles. The average molecular weight is 304 g/mol. The van der Waals surface area contributed by atoms with E-state index in [-0.39, 0.29) is 18.3 Å². The molecule has 1 saturated carbocycles. The van der Waals surface area contributed by atoms with Gasteiger partial charge in [0, 0.05) is 23.9 Å². The van der Waals surface area contributed by atoms with E-state index in [9.17, 15) is 9.59 Å². The molecule has 2 N–H and O–H groups in total. The fourth-order valence-corrected chi connectivity index (χ4v) is 2.46. The number of amides is 1. The molecule has 2 rings (SSSR count). The molecule has 5 nitrogen and oxygen atoms in total. The van der Waals surface area contributed by atoms with E-state index in [1.165, 1.54) is 6.92 Å². The molecular weight excluding hydrogens is 280 g/mol. The molecule has 1 aliphatic carbocycles. The molecule has 1 aliphatic rings. The van der Waals surface area contributed by atoms with Gasteiger partial charge >= 0.3 is 0 Å². The Labute approximate surface area is 131 Å². The van der Waals surface area contributed by atoms with Crippen molar-refractivity contribution in [3.63, 3.8) is 0 Å². The number of carbonyl (C=O) groups excluding carboxylic acids is 2. The van der Waals surface area contributed by atoms with Gasteiger partial charge in [-0.2, -0.15) is 0 Å². The van der Waals surface area contributed by atoms with Gasteiger partial charge in [-0.05, 0) is 51.3 Å². The molecule has 0 spiro atoms. The molecule has 1 aromatic rings. The minimum Gasteiger partial charge on any atom is -0.396 e. The smallest absolute Gasteiger partial charge is 0.238 e. The Morgan fingerprint density at radius 2 is 2.09 bits per heavy atom. The van der Waals surface area contributed by atoms with Gasteiger partial charge < -0.3 is 10.4 Å². The summed E-state index contributed by atoms with van der Waals surface area (Å²) in [5.74, 6) is -0.0729. The quantitative estimate of drug-likeness (QED) is 0.541.